The molecule has 2 aliphatic rings. The van der Waals surface area contributed by atoms with Crippen LogP contribution in [0.1, 0.15) is 48.5 Å². The van der Waals surface area contributed by atoms with Crippen molar-refractivity contribution in [1.29, 1.82) is 0 Å². The van der Waals surface area contributed by atoms with E-state index in [1.807, 2.05) is 19.6 Å². The van der Waals surface area contributed by atoms with Crippen LogP contribution in [0.2, 0.25) is 19.6 Å². The van der Waals surface area contributed by atoms with E-state index in [0.29, 0.717) is 0 Å². The summed E-state index contributed by atoms with van der Waals surface area (Å²) < 4.78 is 62.3. The zero-order valence-electron chi connectivity index (χ0n) is 28.5. The molecule has 0 amide bonds. The fourth-order valence-electron chi connectivity index (χ4n) is 4.95. The summed E-state index contributed by atoms with van der Waals surface area (Å²) >= 11 is 0. The fourth-order valence-corrected chi connectivity index (χ4v) is 6.05. The maximum atomic E-state index is 12.4. The molecule has 7 unspecified atom stereocenters. The van der Waals surface area contributed by atoms with Crippen molar-refractivity contribution in [2.75, 3.05) is 13.2 Å². The van der Waals surface area contributed by atoms with E-state index in [2.05, 4.69) is 0 Å². The summed E-state index contributed by atoms with van der Waals surface area (Å²) in [7, 11) is -2.49. The minimum Gasteiger partial charge on any atom is -0.463 e. The summed E-state index contributed by atoms with van der Waals surface area (Å²) in [5.74, 6) is -5.70. The maximum absolute atomic E-state index is 12.4. The Morgan fingerprint density at radius 2 is 0.812 bits per heavy atom. The van der Waals surface area contributed by atoms with Crippen molar-refractivity contribution in [1.82, 2.24) is 0 Å². The molecule has 18 nitrogen and oxygen atoms in total. The zero-order chi connectivity index (χ0) is 36.5. The Kier molecular flexibility index (Phi) is 14.9. The molecule has 0 aromatic carbocycles. The van der Waals surface area contributed by atoms with Crippen molar-refractivity contribution in [2.45, 2.75) is 130 Å². The molecule has 10 atom stereocenters. The van der Waals surface area contributed by atoms with Crippen LogP contribution in [0.15, 0.2) is 0 Å². The molecule has 2 heterocycles. The molecule has 2 aliphatic heterocycles. The van der Waals surface area contributed by atoms with Gasteiger partial charge >= 0.3 is 41.8 Å². The highest BCUT2D eigenvalue weighted by Crippen LogP contribution is 2.36. The number of ether oxygens (including phenoxy) is 10. The molecule has 2 saturated heterocycles. The van der Waals surface area contributed by atoms with E-state index in [-0.39, 0.29) is 0 Å². The SMILES string of the molecule is CC(=O)OCC1OC(OC(C)=O)C(OC(C)=O)C(OC(C)=O)[C@@H]1O[C@@H]1OC(COC(C)=O)[C@H](O[Si](C)(C)C)C(OC(C)=O)C1OC(C)=O. The average molecular weight is 709 g/mol. The largest absolute Gasteiger partial charge is 0.463 e. The quantitative estimate of drug-likeness (QED) is 0.144. The Morgan fingerprint density at radius 1 is 0.458 bits per heavy atom. The van der Waals surface area contributed by atoms with Crippen LogP contribution >= 0.6 is 0 Å². The van der Waals surface area contributed by atoms with Crippen molar-refractivity contribution in [2.24, 2.45) is 0 Å². The average Bonchev–Trinajstić information content (AvgIpc) is 2.90. The van der Waals surface area contributed by atoms with Crippen LogP contribution in [-0.4, -0.2) is 125 Å². The number of hydrogen-bond donors (Lipinski definition) is 0. The summed E-state index contributed by atoms with van der Waals surface area (Å²) in [6, 6.07) is 0. The Labute approximate surface area is 278 Å². The topological polar surface area (TPSA) is 221 Å². The second-order valence-corrected chi connectivity index (χ2v) is 16.4. The maximum Gasteiger partial charge on any atom is 0.305 e. The van der Waals surface area contributed by atoms with E-state index in [0.717, 1.165) is 48.5 Å². The molecule has 0 spiro atoms. The van der Waals surface area contributed by atoms with Gasteiger partial charge in [-0.05, 0) is 19.6 Å². The number of rotatable bonds is 13. The lowest BCUT2D eigenvalue weighted by molar-refractivity contribution is -0.356. The molecular weight excluding hydrogens is 664 g/mol. The van der Waals surface area contributed by atoms with E-state index in [1.165, 1.54) is 0 Å². The van der Waals surface area contributed by atoms with E-state index in [4.69, 9.17) is 51.8 Å². The fraction of sp³-hybridized carbons (Fsp3) is 0.759. The van der Waals surface area contributed by atoms with Crippen molar-refractivity contribution in [3.05, 3.63) is 0 Å². The van der Waals surface area contributed by atoms with Gasteiger partial charge in [0.15, 0.2) is 32.9 Å². The van der Waals surface area contributed by atoms with Gasteiger partial charge in [-0.3, -0.25) is 33.6 Å². The first-order valence-electron chi connectivity index (χ1n) is 15.0. The second-order valence-electron chi connectivity index (χ2n) is 11.9. The van der Waals surface area contributed by atoms with Gasteiger partial charge in [-0.1, -0.05) is 0 Å². The summed E-state index contributed by atoms with van der Waals surface area (Å²) in [5.41, 5.74) is 0. The molecule has 0 saturated carbocycles. The molecule has 0 aromatic rings. The minimum atomic E-state index is -2.49. The molecule has 0 aromatic heterocycles. The zero-order valence-corrected chi connectivity index (χ0v) is 29.5. The van der Waals surface area contributed by atoms with Crippen LogP contribution in [0.25, 0.3) is 0 Å². The normalized spacial score (nSPS) is 30.2. The van der Waals surface area contributed by atoms with E-state index in [1.54, 1.807) is 0 Å². The highest BCUT2D eigenvalue weighted by Gasteiger charge is 2.58. The molecule has 2 rings (SSSR count). The minimum absolute atomic E-state index is 0.426. The van der Waals surface area contributed by atoms with Crippen LogP contribution in [-0.2, 0) is 85.4 Å². The van der Waals surface area contributed by atoms with Crippen LogP contribution in [0.5, 0.6) is 0 Å². The highest BCUT2D eigenvalue weighted by molar-refractivity contribution is 6.69. The van der Waals surface area contributed by atoms with E-state index >= 15 is 0 Å². The van der Waals surface area contributed by atoms with Crippen LogP contribution in [0.3, 0.4) is 0 Å². The number of carbonyl (C=O) groups is 7. The van der Waals surface area contributed by atoms with Crippen LogP contribution in [0.4, 0.5) is 0 Å². The smallest absolute Gasteiger partial charge is 0.305 e. The lowest BCUT2D eigenvalue weighted by atomic mass is 9.96. The molecule has 0 N–H and O–H groups in total. The monoisotopic (exact) mass is 708 g/mol. The predicted molar refractivity (Wildman–Crippen MR) is 158 cm³/mol. The van der Waals surface area contributed by atoms with Gasteiger partial charge in [0.2, 0.25) is 12.4 Å². The molecule has 0 aliphatic carbocycles. The van der Waals surface area contributed by atoms with Gasteiger partial charge in [0.1, 0.15) is 37.6 Å². The van der Waals surface area contributed by atoms with Gasteiger partial charge in [0, 0.05) is 48.5 Å². The third kappa shape index (κ3) is 12.8. The van der Waals surface area contributed by atoms with Crippen molar-refractivity contribution in [3.63, 3.8) is 0 Å². The molecule has 0 bridgehead atoms. The molecule has 19 heteroatoms. The third-order valence-corrected chi connectivity index (χ3v) is 7.33. The summed E-state index contributed by atoms with van der Waals surface area (Å²) in [4.78, 5) is 84.9. The van der Waals surface area contributed by atoms with Crippen molar-refractivity contribution >= 4 is 50.1 Å². The Morgan fingerprint density at radius 3 is 1.21 bits per heavy atom. The molecular formula is C29H44O18Si. The first-order valence-corrected chi connectivity index (χ1v) is 18.4. The summed E-state index contributed by atoms with van der Waals surface area (Å²) in [6.07, 6.45) is -14.9. The highest BCUT2D eigenvalue weighted by atomic mass is 28.4. The van der Waals surface area contributed by atoms with Gasteiger partial charge < -0.3 is 51.8 Å². The Bertz CT molecular complexity index is 1200. The molecule has 272 valence electrons. The lowest BCUT2D eigenvalue weighted by Gasteiger charge is -2.49. The molecule has 48 heavy (non-hydrogen) atoms. The van der Waals surface area contributed by atoms with Crippen molar-refractivity contribution < 1.29 is 85.4 Å². The Hall–Kier alpha value is -3.65. The van der Waals surface area contributed by atoms with E-state index in [9.17, 15) is 33.6 Å². The number of carbonyl (C=O) groups excluding carboxylic acids is 7. The molecule has 2 fully saturated rings. The standard InChI is InChI=1S/C29H44O18Si/c1-13(30)37-11-20-22(24(39-15(3)32)26(41-17(5)34)28(44-20)43-19(7)36)46-29-27(42-18(6)35)25(40-16(4)33)23(47-48(8,9)10)21(45-29)12-38-14(2)31/h20-29H,11-12H2,1-10H3/t20?,21?,22-,23+,24?,25?,26?,27?,28?,29+/m1/s1. The summed E-state index contributed by atoms with van der Waals surface area (Å²) in [5, 5.41) is 0. The first-order chi connectivity index (χ1) is 22.2. The van der Waals surface area contributed by atoms with Gasteiger partial charge in [0.25, 0.3) is 0 Å². The van der Waals surface area contributed by atoms with Gasteiger partial charge in [-0.25, -0.2) is 0 Å². The van der Waals surface area contributed by atoms with Crippen molar-refractivity contribution in [3.8, 4) is 0 Å². The summed E-state index contributed by atoms with van der Waals surface area (Å²) in [6.45, 7) is 12.1. The second kappa shape index (κ2) is 17.7. The van der Waals surface area contributed by atoms with Crippen LogP contribution < -0.4 is 0 Å². The third-order valence-electron chi connectivity index (χ3n) is 6.36. The number of hydrogen-bond acceptors (Lipinski definition) is 18. The van der Waals surface area contributed by atoms with Gasteiger partial charge in [-0.15, -0.1) is 0 Å². The van der Waals surface area contributed by atoms with Crippen LogP contribution in [0, 0.1) is 0 Å². The number of esters is 7. The van der Waals surface area contributed by atoms with Gasteiger partial charge in [-0.2, -0.15) is 0 Å². The first kappa shape index (κ1) is 40.5. The predicted octanol–water partition coefficient (Wildman–Crippen LogP) is 0.458. The lowest BCUT2D eigenvalue weighted by Crippen LogP contribution is -2.67. The Balaban J connectivity index is 2.75. The van der Waals surface area contributed by atoms with E-state index < -0.39 is 125 Å². The molecule has 0 radical (unpaired) electrons. The van der Waals surface area contributed by atoms with Gasteiger partial charge in [0.05, 0.1) is 0 Å².